The van der Waals surface area contributed by atoms with Crippen LogP contribution in [0.2, 0.25) is 0 Å². The number of hydrogen-bond donors (Lipinski definition) is 1. The summed E-state index contributed by atoms with van der Waals surface area (Å²) in [6, 6.07) is 23.7. The van der Waals surface area contributed by atoms with Crippen molar-refractivity contribution in [3.8, 4) is 22.6 Å². The van der Waals surface area contributed by atoms with Crippen molar-refractivity contribution in [1.29, 1.82) is 0 Å². The van der Waals surface area contributed by atoms with Crippen molar-refractivity contribution in [1.82, 2.24) is 25.1 Å². The molecule has 8 heteroatoms. The fourth-order valence-corrected chi connectivity index (χ4v) is 4.56. The van der Waals surface area contributed by atoms with E-state index in [9.17, 15) is 4.79 Å². The number of fused-ring (bicyclic) bond motifs is 1. The van der Waals surface area contributed by atoms with E-state index >= 15 is 0 Å². The van der Waals surface area contributed by atoms with E-state index in [1.807, 2.05) is 71.3 Å². The summed E-state index contributed by atoms with van der Waals surface area (Å²) in [4.78, 5) is 17.2. The third kappa shape index (κ3) is 5.02. The normalized spacial score (nSPS) is 11.0. The maximum atomic E-state index is 12.4. The number of aromatic nitrogens is 4. The number of thioether (sulfide) groups is 1. The van der Waals surface area contributed by atoms with Crippen LogP contribution in [-0.4, -0.2) is 31.4 Å². The molecule has 0 aliphatic heterocycles. The van der Waals surface area contributed by atoms with Crippen molar-refractivity contribution < 1.29 is 9.21 Å². The van der Waals surface area contributed by atoms with Gasteiger partial charge in [0.05, 0.1) is 29.8 Å². The van der Waals surface area contributed by atoms with Gasteiger partial charge in [-0.05, 0) is 24.3 Å². The Morgan fingerprint density at radius 1 is 1.06 bits per heavy atom. The minimum Gasteiger partial charge on any atom is -0.467 e. The SMILES string of the molecule is C=CCn1c(SCC(=O)NCc2ccco2)nnc1-c1cc(-c2ccccc2)nc2ccccc12. The van der Waals surface area contributed by atoms with E-state index in [4.69, 9.17) is 9.40 Å². The second-order valence-electron chi connectivity index (χ2n) is 7.79. The highest BCUT2D eigenvalue weighted by molar-refractivity contribution is 7.99. The molecule has 7 nitrogen and oxygen atoms in total. The van der Waals surface area contributed by atoms with Crippen LogP contribution in [0.3, 0.4) is 0 Å². The summed E-state index contributed by atoms with van der Waals surface area (Å²) in [6.07, 6.45) is 3.39. The van der Waals surface area contributed by atoms with Gasteiger partial charge >= 0.3 is 0 Å². The summed E-state index contributed by atoms with van der Waals surface area (Å²) in [5, 5.41) is 13.4. The van der Waals surface area contributed by atoms with Gasteiger partial charge in [0.25, 0.3) is 0 Å². The zero-order chi connectivity index (χ0) is 24.0. The fraction of sp³-hybridized carbons (Fsp3) is 0.111. The van der Waals surface area contributed by atoms with E-state index in [0.717, 1.165) is 27.7 Å². The first-order valence-corrected chi connectivity index (χ1v) is 12.1. The number of carbonyl (C=O) groups is 1. The molecule has 5 aromatic rings. The molecule has 35 heavy (non-hydrogen) atoms. The molecule has 0 radical (unpaired) electrons. The number of nitrogens with one attached hydrogen (secondary N) is 1. The lowest BCUT2D eigenvalue weighted by atomic mass is 10.0. The van der Waals surface area contributed by atoms with E-state index in [2.05, 4.69) is 22.1 Å². The molecule has 1 N–H and O–H groups in total. The number of nitrogens with zero attached hydrogens (tertiary/aromatic N) is 4. The van der Waals surface area contributed by atoms with Gasteiger partial charge in [-0.25, -0.2) is 4.98 Å². The van der Waals surface area contributed by atoms with Crippen LogP contribution in [-0.2, 0) is 17.9 Å². The Hall–Kier alpha value is -4.17. The number of pyridine rings is 1. The van der Waals surface area contributed by atoms with Crippen molar-refractivity contribution in [2.75, 3.05) is 5.75 Å². The van der Waals surface area contributed by atoms with Crippen LogP contribution in [0.5, 0.6) is 0 Å². The standard InChI is InChI=1S/C27H23N5O2S/c1-2-14-32-26(30-31-27(32)35-18-25(33)28-17-20-11-8-15-34-20)22-16-24(19-9-4-3-5-10-19)29-23-13-7-6-12-21(22)23/h2-13,15-16H,1,14,17-18H2,(H,28,33). The summed E-state index contributed by atoms with van der Waals surface area (Å²) >= 11 is 1.34. The molecule has 0 aliphatic carbocycles. The minimum absolute atomic E-state index is 0.109. The Morgan fingerprint density at radius 3 is 2.69 bits per heavy atom. The number of rotatable bonds is 9. The first-order chi connectivity index (χ1) is 17.2. The lowest BCUT2D eigenvalue weighted by molar-refractivity contribution is -0.118. The van der Waals surface area contributed by atoms with Crippen molar-refractivity contribution >= 4 is 28.6 Å². The summed E-state index contributed by atoms with van der Waals surface area (Å²) in [6.45, 7) is 4.76. The lowest BCUT2D eigenvalue weighted by Gasteiger charge is -2.12. The molecule has 0 aliphatic rings. The Morgan fingerprint density at radius 2 is 1.89 bits per heavy atom. The van der Waals surface area contributed by atoms with Crippen molar-refractivity contribution in [2.45, 2.75) is 18.2 Å². The average molecular weight is 482 g/mol. The van der Waals surface area contributed by atoms with Gasteiger partial charge in [-0.15, -0.1) is 16.8 Å². The van der Waals surface area contributed by atoms with Crippen LogP contribution in [0, 0.1) is 0 Å². The first-order valence-electron chi connectivity index (χ1n) is 11.1. The molecule has 0 atom stereocenters. The highest BCUT2D eigenvalue weighted by Crippen LogP contribution is 2.33. The highest BCUT2D eigenvalue weighted by Gasteiger charge is 2.18. The molecule has 3 aromatic heterocycles. The van der Waals surface area contributed by atoms with Gasteiger partial charge in [0, 0.05) is 23.1 Å². The molecule has 0 bridgehead atoms. The molecule has 0 spiro atoms. The van der Waals surface area contributed by atoms with Gasteiger partial charge in [-0.2, -0.15) is 0 Å². The maximum absolute atomic E-state index is 12.4. The number of para-hydroxylation sites is 1. The lowest BCUT2D eigenvalue weighted by Crippen LogP contribution is -2.24. The highest BCUT2D eigenvalue weighted by atomic mass is 32.2. The average Bonchev–Trinajstić information content (AvgIpc) is 3.56. The predicted molar refractivity (Wildman–Crippen MR) is 138 cm³/mol. The van der Waals surface area contributed by atoms with Crippen LogP contribution in [0.4, 0.5) is 0 Å². The van der Waals surface area contributed by atoms with E-state index in [-0.39, 0.29) is 11.7 Å². The largest absolute Gasteiger partial charge is 0.467 e. The van der Waals surface area contributed by atoms with Crippen molar-refractivity contribution in [3.05, 3.63) is 97.5 Å². The third-order valence-electron chi connectivity index (χ3n) is 5.43. The van der Waals surface area contributed by atoms with E-state index < -0.39 is 0 Å². The number of amides is 1. The molecule has 174 valence electrons. The van der Waals surface area contributed by atoms with Crippen LogP contribution in [0.1, 0.15) is 5.76 Å². The Labute approximate surface area is 206 Å². The van der Waals surface area contributed by atoms with Crippen LogP contribution < -0.4 is 5.32 Å². The summed E-state index contributed by atoms with van der Waals surface area (Å²) in [5.74, 6) is 1.52. The molecule has 3 heterocycles. The van der Waals surface area contributed by atoms with E-state index in [1.54, 1.807) is 18.4 Å². The molecule has 0 fully saturated rings. The molecule has 2 aromatic carbocycles. The van der Waals surface area contributed by atoms with Crippen LogP contribution >= 0.6 is 11.8 Å². The monoisotopic (exact) mass is 481 g/mol. The van der Waals surface area contributed by atoms with Gasteiger partial charge in [-0.1, -0.05) is 66.4 Å². The molecule has 5 rings (SSSR count). The number of allylic oxidation sites excluding steroid dienone is 1. The zero-order valence-electron chi connectivity index (χ0n) is 18.9. The second-order valence-corrected chi connectivity index (χ2v) is 8.73. The number of hydrogen-bond acceptors (Lipinski definition) is 6. The smallest absolute Gasteiger partial charge is 0.230 e. The fourth-order valence-electron chi connectivity index (χ4n) is 3.79. The molecule has 0 saturated heterocycles. The van der Waals surface area contributed by atoms with Gasteiger partial charge in [0.15, 0.2) is 11.0 Å². The first kappa shape index (κ1) is 22.6. The third-order valence-corrected chi connectivity index (χ3v) is 6.39. The van der Waals surface area contributed by atoms with Crippen molar-refractivity contribution in [3.63, 3.8) is 0 Å². The van der Waals surface area contributed by atoms with Gasteiger partial charge in [-0.3, -0.25) is 9.36 Å². The van der Waals surface area contributed by atoms with E-state index in [0.29, 0.717) is 29.8 Å². The Kier molecular flexibility index (Phi) is 6.72. The van der Waals surface area contributed by atoms with Gasteiger partial charge < -0.3 is 9.73 Å². The summed E-state index contributed by atoms with van der Waals surface area (Å²) in [7, 11) is 0. The molecule has 1 amide bonds. The van der Waals surface area contributed by atoms with Gasteiger partial charge in [0.1, 0.15) is 5.76 Å². The number of furan rings is 1. The predicted octanol–water partition coefficient (Wildman–Crippen LogP) is 5.35. The minimum atomic E-state index is -0.109. The van der Waals surface area contributed by atoms with Crippen LogP contribution in [0.25, 0.3) is 33.5 Å². The number of benzene rings is 2. The summed E-state index contributed by atoms with van der Waals surface area (Å²) in [5.41, 5.74) is 3.69. The Bertz CT molecular complexity index is 1460. The van der Waals surface area contributed by atoms with Crippen molar-refractivity contribution in [2.24, 2.45) is 0 Å². The number of carbonyl (C=O) groups excluding carboxylic acids is 1. The molecular formula is C27H23N5O2S. The molecule has 0 saturated carbocycles. The maximum Gasteiger partial charge on any atom is 0.230 e. The molecule has 0 unspecified atom stereocenters. The van der Waals surface area contributed by atoms with Gasteiger partial charge in [0.2, 0.25) is 5.91 Å². The molecular weight excluding hydrogens is 458 g/mol. The second kappa shape index (κ2) is 10.4. The van der Waals surface area contributed by atoms with E-state index in [1.165, 1.54) is 11.8 Å². The summed E-state index contributed by atoms with van der Waals surface area (Å²) < 4.78 is 7.24. The Balaban J connectivity index is 1.46. The topological polar surface area (TPSA) is 85.8 Å². The zero-order valence-corrected chi connectivity index (χ0v) is 19.7. The van der Waals surface area contributed by atoms with Crippen LogP contribution in [0.15, 0.2) is 101 Å². The quantitative estimate of drug-likeness (QED) is 0.226.